The molecule has 0 radical (unpaired) electrons. The summed E-state index contributed by atoms with van der Waals surface area (Å²) in [5, 5.41) is 12.0. The summed E-state index contributed by atoms with van der Waals surface area (Å²) in [5.74, 6) is 8.93. The average Bonchev–Trinajstić information content (AvgIpc) is 3.39. The Morgan fingerprint density at radius 3 is 2.66 bits per heavy atom. The van der Waals surface area contributed by atoms with Gasteiger partial charge in [-0.15, -0.1) is 21.5 Å². The predicted octanol–water partition coefficient (Wildman–Crippen LogP) is 4.09. The van der Waals surface area contributed by atoms with Crippen molar-refractivity contribution < 1.29 is 9.47 Å². The van der Waals surface area contributed by atoms with Crippen LogP contribution in [0.25, 0.3) is 22.0 Å². The second-order valence-electron chi connectivity index (χ2n) is 6.04. The highest BCUT2D eigenvalue weighted by Crippen LogP contribution is 2.36. The smallest absolute Gasteiger partial charge is 0.210 e. The molecule has 0 bridgehead atoms. The molecule has 4 aromatic rings. The van der Waals surface area contributed by atoms with Gasteiger partial charge < -0.3 is 15.3 Å². The van der Waals surface area contributed by atoms with Crippen molar-refractivity contribution in [3.63, 3.8) is 0 Å². The largest absolute Gasteiger partial charge is 0.497 e. The van der Waals surface area contributed by atoms with Crippen LogP contribution in [0, 0.1) is 0 Å². The van der Waals surface area contributed by atoms with Crippen molar-refractivity contribution >= 4 is 23.1 Å². The molecule has 4 rings (SSSR count). The minimum absolute atomic E-state index is 0.634. The fourth-order valence-corrected chi connectivity index (χ4v) is 4.47. The Kier molecular flexibility index (Phi) is 5.68. The van der Waals surface area contributed by atoms with E-state index in [0.29, 0.717) is 16.7 Å². The van der Waals surface area contributed by atoms with E-state index >= 15 is 0 Å². The summed E-state index contributed by atoms with van der Waals surface area (Å²) in [6, 6.07) is 15.5. The first kappa shape index (κ1) is 19.3. The fraction of sp³-hybridized carbons (Fsp3) is 0.150. The molecule has 0 fully saturated rings. The van der Waals surface area contributed by atoms with Gasteiger partial charge in [0, 0.05) is 22.8 Å². The van der Waals surface area contributed by atoms with Crippen LogP contribution in [-0.2, 0) is 5.75 Å². The molecule has 0 aliphatic rings. The fourth-order valence-electron chi connectivity index (χ4n) is 2.77. The summed E-state index contributed by atoms with van der Waals surface area (Å²) in [4.78, 5) is 4.73. The van der Waals surface area contributed by atoms with Gasteiger partial charge in [0.25, 0.3) is 0 Å². The summed E-state index contributed by atoms with van der Waals surface area (Å²) in [5.41, 5.74) is 2.80. The number of rotatable bonds is 7. The molecule has 29 heavy (non-hydrogen) atoms. The molecule has 2 aromatic heterocycles. The number of hydrogen-bond acceptors (Lipinski definition) is 8. The zero-order valence-corrected chi connectivity index (χ0v) is 17.5. The van der Waals surface area contributed by atoms with Crippen molar-refractivity contribution in [1.29, 1.82) is 0 Å². The van der Waals surface area contributed by atoms with Crippen LogP contribution in [0.15, 0.2) is 59.1 Å². The number of aromatic nitrogens is 4. The van der Waals surface area contributed by atoms with Crippen molar-refractivity contribution in [3.05, 3.63) is 59.6 Å². The van der Waals surface area contributed by atoms with Crippen molar-refractivity contribution in [2.75, 3.05) is 20.1 Å². The number of methoxy groups -OCH3 is 2. The highest BCUT2D eigenvalue weighted by Gasteiger charge is 2.15. The minimum atomic E-state index is 0.634. The van der Waals surface area contributed by atoms with Crippen molar-refractivity contribution in [3.8, 4) is 33.5 Å². The standard InChI is InChI=1S/C20H19N5O2S2/c1-26-15-8-9-16(17(10-15)27-2)19-22-14(11-28-19)12-29-20-24-23-18(25(20)21)13-6-4-3-5-7-13/h3-11H,12,21H2,1-2H3. The van der Waals surface area contributed by atoms with Crippen molar-refractivity contribution in [1.82, 2.24) is 19.9 Å². The Morgan fingerprint density at radius 2 is 1.90 bits per heavy atom. The van der Waals surface area contributed by atoms with Gasteiger partial charge in [0.05, 0.1) is 25.5 Å². The molecule has 0 saturated heterocycles. The molecule has 0 aliphatic heterocycles. The van der Waals surface area contributed by atoms with Gasteiger partial charge in [0.15, 0.2) is 5.82 Å². The topological polar surface area (TPSA) is 88.1 Å². The summed E-state index contributed by atoms with van der Waals surface area (Å²) in [6.45, 7) is 0. The third-order valence-corrected chi connectivity index (χ3v) is 6.14. The van der Waals surface area contributed by atoms with Gasteiger partial charge in [-0.2, -0.15) is 0 Å². The highest BCUT2D eigenvalue weighted by molar-refractivity contribution is 7.98. The molecule has 0 aliphatic carbocycles. The average molecular weight is 426 g/mol. The third kappa shape index (κ3) is 4.06. The molecule has 0 spiro atoms. The van der Waals surface area contributed by atoms with Gasteiger partial charge in [-0.25, -0.2) is 9.66 Å². The van der Waals surface area contributed by atoms with E-state index in [9.17, 15) is 0 Å². The maximum Gasteiger partial charge on any atom is 0.210 e. The first-order chi connectivity index (χ1) is 14.2. The maximum absolute atomic E-state index is 6.19. The van der Waals surface area contributed by atoms with Gasteiger partial charge in [0.2, 0.25) is 5.16 Å². The second kappa shape index (κ2) is 8.54. The Hall–Kier alpha value is -3.04. The molecule has 7 nitrogen and oxygen atoms in total. The Balaban J connectivity index is 1.49. The van der Waals surface area contributed by atoms with Crippen LogP contribution in [0.3, 0.4) is 0 Å². The van der Waals surface area contributed by atoms with Crippen LogP contribution >= 0.6 is 23.1 Å². The van der Waals surface area contributed by atoms with E-state index < -0.39 is 0 Å². The summed E-state index contributed by atoms with van der Waals surface area (Å²) in [7, 11) is 3.27. The molecule has 2 aromatic carbocycles. The SMILES string of the molecule is COc1ccc(-c2nc(CSc3nnc(-c4ccccc4)n3N)cs2)c(OC)c1. The Morgan fingerprint density at radius 1 is 1.07 bits per heavy atom. The van der Waals surface area contributed by atoms with Gasteiger partial charge in [0.1, 0.15) is 16.5 Å². The van der Waals surface area contributed by atoms with Crippen LogP contribution < -0.4 is 15.3 Å². The number of thioether (sulfide) groups is 1. The van der Waals surface area contributed by atoms with E-state index in [1.807, 2.05) is 53.9 Å². The zero-order chi connectivity index (χ0) is 20.2. The number of benzene rings is 2. The number of hydrogen-bond donors (Lipinski definition) is 1. The lowest BCUT2D eigenvalue weighted by Gasteiger charge is -2.08. The van der Waals surface area contributed by atoms with E-state index in [0.717, 1.165) is 33.3 Å². The highest BCUT2D eigenvalue weighted by atomic mass is 32.2. The number of nitrogens with zero attached hydrogens (tertiary/aromatic N) is 4. The van der Waals surface area contributed by atoms with E-state index in [2.05, 4.69) is 10.2 Å². The number of ether oxygens (including phenoxy) is 2. The quantitative estimate of drug-likeness (QED) is 0.352. The molecule has 0 saturated carbocycles. The third-order valence-electron chi connectivity index (χ3n) is 4.24. The monoisotopic (exact) mass is 425 g/mol. The molecule has 2 N–H and O–H groups in total. The molecule has 9 heteroatoms. The minimum Gasteiger partial charge on any atom is -0.497 e. The molecule has 0 amide bonds. The van der Waals surface area contributed by atoms with E-state index in [1.165, 1.54) is 16.4 Å². The van der Waals surface area contributed by atoms with Gasteiger partial charge in [-0.3, -0.25) is 0 Å². The van der Waals surface area contributed by atoms with Gasteiger partial charge in [-0.05, 0) is 12.1 Å². The van der Waals surface area contributed by atoms with Crippen molar-refractivity contribution in [2.24, 2.45) is 0 Å². The molecular weight excluding hydrogens is 406 g/mol. The molecule has 148 valence electrons. The maximum atomic E-state index is 6.19. The van der Waals surface area contributed by atoms with Crippen LogP contribution in [0.2, 0.25) is 0 Å². The Labute approximate surface area is 176 Å². The second-order valence-corrected chi connectivity index (χ2v) is 7.84. The lowest BCUT2D eigenvalue weighted by Crippen LogP contribution is -2.11. The van der Waals surface area contributed by atoms with Gasteiger partial charge in [-0.1, -0.05) is 42.1 Å². The van der Waals surface area contributed by atoms with E-state index in [1.54, 1.807) is 25.6 Å². The summed E-state index contributed by atoms with van der Waals surface area (Å²) >= 11 is 3.07. The van der Waals surface area contributed by atoms with E-state index in [-0.39, 0.29) is 0 Å². The van der Waals surface area contributed by atoms with Gasteiger partial charge >= 0.3 is 0 Å². The molecule has 0 atom stereocenters. The van der Waals surface area contributed by atoms with Crippen LogP contribution in [-0.4, -0.2) is 34.1 Å². The molecular formula is C20H19N5O2S2. The number of nitrogen functional groups attached to an aromatic ring is 1. The van der Waals surface area contributed by atoms with Crippen LogP contribution in [0.5, 0.6) is 11.5 Å². The lowest BCUT2D eigenvalue weighted by atomic mass is 10.2. The number of thiazole rings is 1. The lowest BCUT2D eigenvalue weighted by molar-refractivity contribution is 0.395. The Bertz CT molecular complexity index is 1110. The zero-order valence-electron chi connectivity index (χ0n) is 15.9. The van der Waals surface area contributed by atoms with Crippen molar-refractivity contribution in [2.45, 2.75) is 10.9 Å². The van der Waals surface area contributed by atoms with Crippen LogP contribution in [0.1, 0.15) is 5.69 Å². The predicted molar refractivity (Wildman–Crippen MR) is 116 cm³/mol. The first-order valence-corrected chi connectivity index (χ1v) is 10.6. The number of nitrogens with two attached hydrogens (primary N) is 1. The van der Waals surface area contributed by atoms with Crippen LogP contribution in [0.4, 0.5) is 0 Å². The molecule has 2 heterocycles. The summed E-state index contributed by atoms with van der Waals surface area (Å²) in [6.07, 6.45) is 0. The summed E-state index contributed by atoms with van der Waals surface area (Å²) < 4.78 is 12.3. The normalized spacial score (nSPS) is 10.8. The molecule has 0 unspecified atom stereocenters. The first-order valence-electron chi connectivity index (χ1n) is 8.75. The van der Waals surface area contributed by atoms with E-state index in [4.69, 9.17) is 20.3 Å².